The third-order valence-corrected chi connectivity index (χ3v) is 3.73. The molecule has 0 saturated carbocycles. The zero-order chi connectivity index (χ0) is 14.3. The molecule has 1 aromatic carbocycles. The van der Waals surface area contributed by atoms with Gasteiger partial charge in [0.25, 0.3) is 0 Å². The Hall–Kier alpha value is -1.49. The zero-order valence-corrected chi connectivity index (χ0v) is 12.0. The number of rotatable bonds is 6. The molecule has 1 atom stereocenters. The average molecular weight is 283 g/mol. The van der Waals surface area contributed by atoms with E-state index >= 15 is 0 Å². The summed E-state index contributed by atoms with van der Waals surface area (Å²) < 4.78 is 25.0. The van der Waals surface area contributed by atoms with Crippen molar-refractivity contribution in [1.82, 2.24) is 4.90 Å². The molecular weight excluding hydrogens is 265 g/mol. The van der Waals surface area contributed by atoms with Gasteiger partial charge in [-0.15, -0.1) is 0 Å². The van der Waals surface area contributed by atoms with Crippen LogP contribution in [0.25, 0.3) is 0 Å². The van der Waals surface area contributed by atoms with Crippen molar-refractivity contribution in [2.24, 2.45) is 0 Å². The number of halogens is 1. The Labute approximate surface area is 115 Å². The molecule has 1 aromatic rings. The van der Waals surface area contributed by atoms with Crippen LogP contribution in [-0.2, 0) is 22.1 Å². The Bertz CT molecular complexity index is 488. The molecule has 0 aromatic heterocycles. The smallest absolute Gasteiger partial charge is 0.235 e. The SMILES string of the molecule is C/C=C/CS(=O)CC(=O)N(C)Cc1ccccc1F. The predicted octanol–water partition coefficient (Wildman–Crippen LogP) is 2.11. The van der Waals surface area contributed by atoms with Crippen molar-refractivity contribution in [3.05, 3.63) is 47.8 Å². The molecule has 1 amide bonds. The van der Waals surface area contributed by atoms with Crippen molar-refractivity contribution in [2.45, 2.75) is 13.5 Å². The molecule has 0 radical (unpaired) electrons. The Morgan fingerprint density at radius 2 is 2.11 bits per heavy atom. The van der Waals surface area contributed by atoms with Gasteiger partial charge in [0.2, 0.25) is 5.91 Å². The fourth-order valence-electron chi connectivity index (χ4n) is 1.48. The summed E-state index contributed by atoms with van der Waals surface area (Å²) in [7, 11) is 0.379. The van der Waals surface area contributed by atoms with Gasteiger partial charge in [-0.2, -0.15) is 0 Å². The molecular formula is C14H18FNO2S. The molecule has 1 rings (SSSR count). The topological polar surface area (TPSA) is 37.4 Å². The van der Waals surface area contributed by atoms with Gasteiger partial charge < -0.3 is 4.90 Å². The van der Waals surface area contributed by atoms with E-state index in [0.29, 0.717) is 11.3 Å². The Morgan fingerprint density at radius 1 is 1.42 bits per heavy atom. The predicted molar refractivity (Wildman–Crippen MR) is 75.6 cm³/mol. The maximum atomic E-state index is 13.4. The van der Waals surface area contributed by atoms with Gasteiger partial charge in [0.1, 0.15) is 11.6 Å². The van der Waals surface area contributed by atoms with Gasteiger partial charge in [0, 0.05) is 35.7 Å². The monoisotopic (exact) mass is 283 g/mol. The Morgan fingerprint density at radius 3 is 2.74 bits per heavy atom. The van der Waals surface area contributed by atoms with Crippen molar-refractivity contribution in [2.75, 3.05) is 18.6 Å². The van der Waals surface area contributed by atoms with Gasteiger partial charge in [0.05, 0.1) is 0 Å². The number of hydrogen-bond acceptors (Lipinski definition) is 2. The summed E-state index contributed by atoms with van der Waals surface area (Å²) >= 11 is 0. The lowest BCUT2D eigenvalue weighted by Crippen LogP contribution is -2.31. The van der Waals surface area contributed by atoms with Crippen LogP contribution in [0.4, 0.5) is 4.39 Å². The third-order valence-electron chi connectivity index (χ3n) is 2.59. The molecule has 19 heavy (non-hydrogen) atoms. The minimum absolute atomic E-state index is 0.0324. The normalized spacial score (nSPS) is 12.6. The second-order valence-electron chi connectivity index (χ2n) is 4.16. The van der Waals surface area contributed by atoms with Crippen molar-refractivity contribution in [3.63, 3.8) is 0 Å². The molecule has 0 fully saturated rings. The van der Waals surface area contributed by atoms with E-state index in [2.05, 4.69) is 0 Å². The molecule has 0 aliphatic heterocycles. The van der Waals surface area contributed by atoms with Gasteiger partial charge in [-0.1, -0.05) is 30.4 Å². The number of carbonyl (C=O) groups excluding carboxylic acids is 1. The second kappa shape index (κ2) is 7.84. The molecule has 0 spiro atoms. The van der Waals surface area contributed by atoms with Crippen LogP contribution in [0.3, 0.4) is 0 Å². The van der Waals surface area contributed by atoms with Crippen molar-refractivity contribution in [3.8, 4) is 0 Å². The Balaban J connectivity index is 2.54. The van der Waals surface area contributed by atoms with E-state index in [-0.39, 0.29) is 24.0 Å². The first-order chi connectivity index (χ1) is 9.04. The maximum absolute atomic E-state index is 13.4. The van der Waals surface area contributed by atoms with E-state index in [1.54, 1.807) is 37.4 Å². The first-order valence-electron chi connectivity index (χ1n) is 5.98. The average Bonchev–Trinajstić information content (AvgIpc) is 2.38. The molecule has 0 bridgehead atoms. The minimum atomic E-state index is -1.21. The first-order valence-corrected chi connectivity index (χ1v) is 7.47. The summed E-state index contributed by atoms with van der Waals surface area (Å²) in [6.07, 6.45) is 3.56. The summed E-state index contributed by atoms with van der Waals surface area (Å²) in [5.74, 6) is -0.242. The fraction of sp³-hybridized carbons (Fsp3) is 0.357. The highest BCUT2D eigenvalue weighted by molar-refractivity contribution is 7.85. The molecule has 5 heteroatoms. The van der Waals surface area contributed by atoms with Crippen LogP contribution in [0, 0.1) is 5.82 Å². The van der Waals surface area contributed by atoms with E-state index in [1.807, 2.05) is 6.92 Å². The molecule has 0 aliphatic rings. The summed E-state index contributed by atoms with van der Waals surface area (Å²) in [6, 6.07) is 6.32. The van der Waals surface area contributed by atoms with Crippen molar-refractivity contribution in [1.29, 1.82) is 0 Å². The van der Waals surface area contributed by atoms with Gasteiger partial charge in [-0.3, -0.25) is 9.00 Å². The Kier molecular flexibility index (Phi) is 6.42. The van der Waals surface area contributed by atoms with Crippen LogP contribution in [0.2, 0.25) is 0 Å². The number of hydrogen-bond donors (Lipinski definition) is 0. The highest BCUT2D eigenvalue weighted by Gasteiger charge is 2.13. The van der Waals surface area contributed by atoms with Crippen LogP contribution in [0.1, 0.15) is 12.5 Å². The second-order valence-corrected chi connectivity index (χ2v) is 5.66. The summed E-state index contributed by atoms with van der Waals surface area (Å²) in [6.45, 7) is 2.02. The number of nitrogens with zero attached hydrogens (tertiary/aromatic N) is 1. The lowest BCUT2D eigenvalue weighted by atomic mass is 10.2. The molecule has 3 nitrogen and oxygen atoms in total. The highest BCUT2D eigenvalue weighted by atomic mass is 32.2. The summed E-state index contributed by atoms with van der Waals surface area (Å²) in [5, 5.41) is 0. The van der Waals surface area contributed by atoms with E-state index in [9.17, 15) is 13.4 Å². The van der Waals surface area contributed by atoms with Crippen LogP contribution in [-0.4, -0.2) is 33.6 Å². The van der Waals surface area contributed by atoms with Crippen molar-refractivity contribution < 1.29 is 13.4 Å². The van der Waals surface area contributed by atoms with E-state index < -0.39 is 10.8 Å². The number of benzene rings is 1. The molecule has 0 N–H and O–H groups in total. The van der Waals surface area contributed by atoms with Crippen LogP contribution in [0.5, 0.6) is 0 Å². The lowest BCUT2D eigenvalue weighted by molar-refractivity contribution is -0.127. The minimum Gasteiger partial charge on any atom is -0.341 e. The number of allylic oxidation sites excluding steroid dienone is 1. The first kappa shape index (κ1) is 15.6. The fourth-order valence-corrected chi connectivity index (χ4v) is 2.50. The zero-order valence-electron chi connectivity index (χ0n) is 11.1. The molecule has 1 unspecified atom stereocenters. The largest absolute Gasteiger partial charge is 0.341 e. The molecule has 104 valence electrons. The van der Waals surface area contributed by atoms with E-state index in [4.69, 9.17) is 0 Å². The van der Waals surface area contributed by atoms with Gasteiger partial charge in [-0.25, -0.2) is 4.39 Å². The van der Waals surface area contributed by atoms with E-state index in [1.165, 1.54) is 11.0 Å². The number of amides is 1. The number of carbonyl (C=O) groups is 1. The van der Waals surface area contributed by atoms with Crippen LogP contribution in [0.15, 0.2) is 36.4 Å². The van der Waals surface area contributed by atoms with Gasteiger partial charge in [-0.05, 0) is 13.0 Å². The summed E-state index contributed by atoms with van der Waals surface area (Å²) in [5.41, 5.74) is 0.456. The standard InChI is InChI=1S/C14H18FNO2S/c1-3-4-9-19(18)11-14(17)16(2)10-12-7-5-6-8-13(12)15/h3-8H,9-11H2,1-2H3/b4-3+. The third kappa shape index (κ3) is 5.34. The van der Waals surface area contributed by atoms with E-state index in [0.717, 1.165) is 0 Å². The lowest BCUT2D eigenvalue weighted by Gasteiger charge is -2.17. The van der Waals surface area contributed by atoms with Crippen molar-refractivity contribution >= 4 is 16.7 Å². The molecule has 0 heterocycles. The maximum Gasteiger partial charge on any atom is 0.235 e. The quantitative estimate of drug-likeness (QED) is 0.750. The van der Waals surface area contributed by atoms with Crippen LogP contribution >= 0.6 is 0 Å². The summed E-state index contributed by atoms with van der Waals surface area (Å²) in [4.78, 5) is 13.2. The van der Waals surface area contributed by atoms with Gasteiger partial charge in [0.15, 0.2) is 0 Å². The van der Waals surface area contributed by atoms with Gasteiger partial charge >= 0.3 is 0 Å². The highest BCUT2D eigenvalue weighted by Crippen LogP contribution is 2.09. The van der Waals surface area contributed by atoms with Crippen LogP contribution < -0.4 is 0 Å². The molecule has 0 saturated heterocycles. The molecule has 0 aliphatic carbocycles.